The summed E-state index contributed by atoms with van der Waals surface area (Å²) in [6.45, 7) is 4.55. The Labute approximate surface area is 426 Å². The third kappa shape index (κ3) is 12.6. The highest BCUT2D eigenvalue weighted by Gasteiger charge is 2.39. The molecular weight excluding hydrogens is 1010 g/mol. The van der Waals surface area contributed by atoms with Crippen molar-refractivity contribution in [1.82, 2.24) is 21.5 Å². The van der Waals surface area contributed by atoms with Gasteiger partial charge in [-0.05, 0) is 107 Å². The van der Waals surface area contributed by atoms with E-state index in [9.17, 15) is 25.3 Å². The lowest BCUT2D eigenvalue weighted by atomic mass is 10.1. The van der Waals surface area contributed by atoms with Crippen molar-refractivity contribution < 1.29 is 42.1 Å². The fourth-order valence-electron chi connectivity index (χ4n) is 8.41. The Morgan fingerprint density at radius 3 is 0.875 bits per heavy atom. The molecule has 72 heavy (non-hydrogen) atoms. The van der Waals surface area contributed by atoms with Gasteiger partial charge in [0.25, 0.3) is 0 Å². The number of sulfonamides is 5. The SMILES string of the molecule is Cc1ccc(S(=O)(=O)N2CCN(S(=O)(=O)c3ccc(C)cc3)CCN(S(=O)(=O)c3ccc(C)cc3)CC(Cc3ccccc3)N(S(=O)(=O)c3ccc(C)cc3)CCN(S(=O)(=O)c3ccc(C)cc3)CC2)cc1. The molecule has 7 rings (SSSR count). The van der Waals surface area contributed by atoms with Crippen LogP contribution in [0.15, 0.2) is 176 Å². The average Bonchev–Trinajstić information content (AvgIpc) is 3.34. The Kier molecular flexibility index (Phi) is 17.1. The monoisotopic (exact) mass is 1080 g/mol. The van der Waals surface area contributed by atoms with Gasteiger partial charge in [-0.15, -0.1) is 0 Å². The highest BCUT2D eigenvalue weighted by atomic mass is 32.2. The van der Waals surface area contributed by atoms with E-state index in [-0.39, 0.29) is 30.9 Å². The standard InChI is InChI=1S/C52H61N5O10S5/c1-41-11-21-48(22-12-41)68(58,59)53-31-32-54(69(60,61)49-23-13-42(2)14-24-49)35-36-56(71(64,65)51-27-17-44(4)18-28-51)40-47(39-46-9-7-6-8-10-46)57(72(66,67)52-29-19-45(5)20-30-52)38-37-55(34-33-53)70(62,63)50-25-15-43(3)16-26-50/h6-30,47H,31-40H2,1-5H3. The smallest absolute Gasteiger partial charge is 0.207 e. The van der Waals surface area contributed by atoms with Gasteiger partial charge in [0.15, 0.2) is 0 Å². The summed E-state index contributed by atoms with van der Waals surface area (Å²) in [4.78, 5) is -0.633. The van der Waals surface area contributed by atoms with Gasteiger partial charge in [0.2, 0.25) is 50.1 Å². The van der Waals surface area contributed by atoms with Crippen LogP contribution < -0.4 is 0 Å². The summed E-state index contributed by atoms with van der Waals surface area (Å²) >= 11 is 0. The Morgan fingerprint density at radius 1 is 0.319 bits per heavy atom. The molecule has 384 valence electrons. The van der Waals surface area contributed by atoms with E-state index in [1.165, 1.54) is 60.7 Å². The summed E-state index contributed by atoms with van der Waals surface area (Å²) in [5.74, 6) is 0. The molecule has 0 aliphatic carbocycles. The summed E-state index contributed by atoms with van der Waals surface area (Å²) in [6, 6.07) is 38.0. The lowest BCUT2D eigenvalue weighted by Gasteiger charge is -2.36. The second-order valence-electron chi connectivity index (χ2n) is 18.1. The minimum absolute atomic E-state index is 0.0511. The molecule has 20 heteroatoms. The van der Waals surface area contributed by atoms with Crippen LogP contribution in [-0.2, 0) is 56.5 Å². The second kappa shape index (κ2) is 22.6. The fourth-order valence-corrected chi connectivity index (χ4v) is 15.7. The van der Waals surface area contributed by atoms with Gasteiger partial charge in [-0.1, -0.05) is 119 Å². The van der Waals surface area contributed by atoms with Crippen molar-refractivity contribution in [1.29, 1.82) is 0 Å². The molecule has 15 nitrogen and oxygen atoms in total. The van der Waals surface area contributed by atoms with E-state index >= 15 is 16.8 Å². The van der Waals surface area contributed by atoms with E-state index in [1.807, 2.05) is 0 Å². The zero-order valence-electron chi connectivity index (χ0n) is 40.9. The topological polar surface area (TPSA) is 187 Å². The molecule has 1 fully saturated rings. The van der Waals surface area contributed by atoms with Crippen molar-refractivity contribution in [3.8, 4) is 0 Å². The van der Waals surface area contributed by atoms with Crippen LogP contribution in [0.3, 0.4) is 0 Å². The first-order valence-corrected chi connectivity index (χ1v) is 30.6. The molecule has 6 aromatic carbocycles. The summed E-state index contributed by atoms with van der Waals surface area (Å²) in [7, 11) is -22.7. The zero-order valence-corrected chi connectivity index (χ0v) is 45.0. The lowest BCUT2D eigenvalue weighted by molar-refractivity contribution is 0.242. The van der Waals surface area contributed by atoms with E-state index in [1.54, 1.807) is 126 Å². The number of hydrogen-bond acceptors (Lipinski definition) is 10. The van der Waals surface area contributed by atoms with Gasteiger partial charge in [0.1, 0.15) is 0 Å². The summed E-state index contributed by atoms with van der Waals surface area (Å²) in [5.41, 5.74) is 4.51. The summed E-state index contributed by atoms with van der Waals surface area (Å²) in [5, 5.41) is 0. The van der Waals surface area contributed by atoms with Gasteiger partial charge < -0.3 is 0 Å². The normalized spacial score (nSPS) is 17.8. The van der Waals surface area contributed by atoms with E-state index in [0.29, 0.717) is 5.56 Å². The molecule has 0 saturated carbocycles. The Morgan fingerprint density at radius 2 is 0.569 bits per heavy atom. The highest BCUT2D eigenvalue weighted by Crippen LogP contribution is 2.28. The van der Waals surface area contributed by atoms with Gasteiger partial charge in [0.05, 0.1) is 24.5 Å². The molecular formula is C52H61N5O10S5. The highest BCUT2D eigenvalue weighted by molar-refractivity contribution is 7.90. The van der Waals surface area contributed by atoms with Crippen molar-refractivity contribution in [2.75, 3.05) is 58.9 Å². The van der Waals surface area contributed by atoms with Gasteiger partial charge in [-0.2, -0.15) is 21.5 Å². The van der Waals surface area contributed by atoms with Gasteiger partial charge in [-0.3, -0.25) is 0 Å². The molecule has 6 aromatic rings. The molecule has 0 bridgehead atoms. The van der Waals surface area contributed by atoms with E-state index in [0.717, 1.165) is 49.3 Å². The fraction of sp³-hybridized carbons (Fsp3) is 0.308. The first kappa shape index (κ1) is 54.6. The molecule has 1 atom stereocenters. The van der Waals surface area contributed by atoms with Crippen molar-refractivity contribution in [2.24, 2.45) is 0 Å². The second-order valence-corrected chi connectivity index (χ2v) is 27.7. The molecule has 0 N–H and O–H groups in total. The van der Waals surface area contributed by atoms with Crippen LogP contribution in [0, 0.1) is 34.6 Å². The molecule has 0 aromatic heterocycles. The van der Waals surface area contributed by atoms with Gasteiger partial charge in [-0.25, -0.2) is 42.1 Å². The van der Waals surface area contributed by atoms with Crippen LogP contribution in [-0.4, -0.2) is 129 Å². The first-order valence-electron chi connectivity index (χ1n) is 23.4. The van der Waals surface area contributed by atoms with Crippen LogP contribution in [0.4, 0.5) is 0 Å². The van der Waals surface area contributed by atoms with E-state index < -0.39 is 115 Å². The molecule has 1 heterocycles. The van der Waals surface area contributed by atoms with Crippen LogP contribution in [0.1, 0.15) is 33.4 Å². The van der Waals surface area contributed by atoms with Crippen molar-refractivity contribution in [2.45, 2.75) is 71.6 Å². The van der Waals surface area contributed by atoms with Crippen LogP contribution in [0.5, 0.6) is 0 Å². The number of nitrogens with zero attached hydrogens (tertiary/aromatic N) is 5. The minimum atomic E-state index is -4.61. The molecule has 0 amide bonds. The van der Waals surface area contributed by atoms with Gasteiger partial charge in [0, 0.05) is 64.9 Å². The van der Waals surface area contributed by atoms with E-state index in [2.05, 4.69) is 0 Å². The van der Waals surface area contributed by atoms with Crippen molar-refractivity contribution >= 4 is 50.1 Å². The third-order valence-electron chi connectivity index (χ3n) is 12.8. The molecule has 1 unspecified atom stereocenters. The quantitative estimate of drug-likeness (QED) is 0.129. The predicted octanol–water partition coefficient (Wildman–Crippen LogP) is 6.61. The maximum absolute atomic E-state index is 15.4. The molecule has 1 aliphatic rings. The van der Waals surface area contributed by atoms with Crippen molar-refractivity contribution in [3.05, 3.63) is 185 Å². The van der Waals surface area contributed by atoms with Crippen LogP contribution >= 0.6 is 0 Å². The zero-order chi connectivity index (χ0) is 52.1. The van der Waals surface area contributed by atoms with Gasteiger partial charge >= 0.3 is 0 Å². The van der Waals surface area contributed by atoms with Crippen LogP contribution in [0.2, 0.25) is 0 Å². The van der Waals surface area contributed by atoms with E-state index in [4.69, 9.17) is 0 Å². The summed E-state index contributed by atoms with van der Waals surface area (Å²) < 4.78 is 156. The number of rotatable bonds is 12. The maximum atomic E-state index is 15.4. The Bertz CT molecular complexity index is 3380. The number of hydrogen-bond donors (Lipinski definition) is 0. The average molecular weight is 1080 g/mol. The Hall–Kier alpha value is -5.13. The maximum Gasteiger partial charge on any atom is 0.243 e. The predicted molar refractivity (Wildman–Crippen MR) is 279 cm³/mol. The van der Waals surface area contributed by atoms with Crippen molar-refractivity contribution in [3.63, 3.8) is 0 Å². The third-order valence-corrected chi connectivity index (χ3v) is 22.3. The molecule has 0 spiro atoms. The first-order chi connectivity index (χ1) is 34.0. The molecule has 1 saturated heterocycles. The largest absolute Gasteiger partial charge is 0.243 e. The minimum Gasteiger partial charge on any atom is -0.207 e. The number of aryl methyl sites for hydroxylation is 5. The number of benzene rings is 6. The lowest BCUT2D eigenvalue weighted by Crippen LogP contribution is -2.53. The molecule has 0 radical (unpaired) electrons. The van der Waals surface area contributed by atoms with Crippen LogP contribution in [0.25, 0.3) is 0 Å². The Balaban J connectivity index is 1.47. The molecule has 1 aliphatic heterocycles. The summed E-state index contributed by atoms with van der Waals surface area (Å²) in [6.07, 6.45) is -0.0511.